The van der Waals surface area contributed by atoms with Gasteiger partial charge < -0.3 is 14.6 Å². The van der Waals surface area contributed by atoms with E-state index >= 15 is 0 Å². The van der Waals surface area contributed by atoms with Crippen LogP contribution in [0, 0.1) is 0 Å². The Hall–Kier alpha value is -1.65. The van der Waals surface area contributed by atoms with Gasteiger partial charge in [0.2, 0.25) is 0 Å². The zero-order valence-corrected chi connectivity index (χ0v) is 14.0. The van der Waals surface area contributed by atoms with Crippen LogP contribution in [-0.2, 0) is 19.9 Å². The van der Waals surface area contributed by atoms with Crippen LogP contribution in [0.4, 0.5) is 0 Å². The molecule has 1 aromatic carbocycles. The molecule has 0 radical (unpaired) electrons. The lowest BCUT2D eigenvalue weighted by molar-refractivity contribution is -0.314. The highest BCUT2D eigenvalue weighted by molar-refractivity contribution is 5.66. The average molecular weight is 318 g/mol. The summed E-state index contributed by atoms with van der Waals surface area (Å²) in [7, 11) is 0. The van der Waals surface area contributed by atoms with Crippen LogP contribution >= 0.6 is 0 Å². The van der Waals surface area contributed by atoms with Gasteiger partial charge in [-0.2, -0.15) is 0 Å². The minimum atomic E-state index is -0.742. The smallest absolute Gasteiger partial charge is 0.303 e. The molecule has 1 atom stereocenters. The number of ether oxygens (including phenoxy) is 2. The van der Waals surface area contributed by atoms with E-state index < -0.39 is 11.8 Å². The molecular formula is C19H26O4. The van der Waals surface area contributed by atoms with Crippen LogP contribution in [0.25, 0.3) is 0 Å². The maximum Gasteiger partial charge on any atom is 0.303 e. The van der Waals surface area contributed by atoms with E-state index in [-0.39, 0.29) is 12.0 Å². The summed E-state index contributed by atoms with van der Waals surface area (Å²) in [4.78, 5) is 10.5. The second kappa shape index (κ2) is 7.75. The van der Waals surface area contributed by atoms with Crippen molar-refractivity contribution in [1.82, 2.24) is 0 Å². The van der Waals surface area contributed by atoms with Gasteiger partial charge in [-0.3, -0.25) is 4.79 Å². The molecular weight excluding hydrogens is 292 g/mol. The van der Waals surface area contributed by atoms with Gasteiger partial charge in [-0.1, -0.05) is 42.5 Å². The number of hydrogen-bond acceptors (Lipinski definition) is 3. The van der Waals surface area contributed by atoms with Gasteiger partial charge >= 0.3 is 5.97 Å². The lowest BCUT2D eigenvalue weighted by atomic mass is 9.85. The Labute approximate surface area is 138 Å². The SMILES string of the molecule is CC1(C)OCCC(CC=CCCCC(=O)O)(c2ccccc2)O1. The highest BCUT2D eigenvalue weighted by atomic mass is 16.7. The van der Waals surface area contributed by atoms with Crippen molar-refractivity contribution >= 4 is 5.97 Å². The Morgan fingerprint density at radius 3 is 2.65 bits per heavy atom. The van der Waals surface area contributed by atoms with Crippen molar-refractivity contribution in [3.63, 3.8) is 0 Å². The topological polar surface area (TPSA) is 55.8 Å². The summed E-state index contributed by atoms with van der Waals surface area (Å²) in [5, 5.41) is 8.66. The number of unbranched alkanes of at least 4 members (excludes halogenated alkanes) is 1. The van der Waals surface area contributed by atoms with Gasteiger partial charge in [0.15, 0.2) is 5.79 Å². The Bertz CT molecular complexity index is 536. The number of allylic oxidation sites excluding steroid dienone is 1. The van der Waals surface area contributed by atoms with Gasteiger partial charge in [-0.05, 0) is 38.7 Å². The third kappa shape index (κ3) is 5.19. The summed E-state index contributed by atoms with van der Waals surface area (Å²) >= 11 is 0. The largest absolute Gasteiger partial charge is 0.481 e. The minimum Gasteiger partial charge on any atom is -0.481 e. The first-order valence-electron chi connectivity index (χ1n) is 8.20. The molecule has 1 N–H and O–H groups in total. The van der Waals surface area contributed by atoms with E-state index in [1.165, 1.54) is 0 Å². The predicted molar refractivity (Wildman–Crippen MR) is 89.1 cm³/mol. The van der Waals surface area contributed by atoms with Crippen molar-refractivity contribution in [1.29, 1.82) is 0 Å². The molecule has 0 spiro atoms. The standard InChI is InChI=1S/C19H26O4/c1-18(2)22-15-14-19(23-18,16-10-6-5-7-11-16)13-9-4-3-8-12-17(20)21/h4-7,9-11H,3,8,12-15H2,1-2H3,(H,20,21). The number of carboxylic acid groups (broad SMARTS) is 1. The highest BCUT2D eigenvalue weighted by Gasteiger charge is 2.42. The van der Waals surface area contributed by atoms with Gasteiger partial charge in [-0.25, -0.2) is 0 Å². The summed E-state index contributed by atoms with van der Waals surface area (Å²) in [6, 6.07) is 10.3. The molecule has 23 heavy (non-hydrogen) atoms. The van der Waals surface area contributed by atoms with Crippen LogP contribution in [0.3, 0.4) is 0 Å². The van der Waals surface area contributed by atoms with Crippen LogP contribution in [0.15, 0.2) is 42.5 Å². The number of carbonyl (C=O) groups is 1. The molecule has 126 valence electrons. The zero-order chi connectivity index (χ0) is 16.8. The van der Waals surface area contributed by atoms with E-state index in [0.29, 0.717) is 13.0 Å². The molecule has 0 saturated carbocycles. The fourth-order valence-corrected chi connectivity index (χ4v) is 2.98. The fourth-order valence-electron chi connectivity index (χ4n) is 2.98. The molecule has 1 unspecified atom stereocenters. The number of aliphatic carboxylic acids is 1. The molecule has 1 aliphatic rings. The summed E-state index contributed by atoms with van der Waals surface area (Å²) < 4.78 is 12.0. The van der Waals surface area contributed by atoms with E-state index in [2.05, 4.69) is 24.3 Å². The van der Waals surface area contributed by atoms with E-state index in [1.54, 1.807) is 0 Å². The monoisotopic (exact) mass is 318 g/mol. The van der Waals surface area contributed by atoms with Crippen molar-refractivity contribution in [2.24, 2.45) is 0 Å². The van der Waals surface area contributed by atoms with E-state index in [9.17, 15) is 4.79 Å². The molecule has 0 aromatic heterocycles. The number of benzene rings is 1. The molecule has 1 aliphatic heterocycles. The Morgan fingerprint density at radius 1 is 1.26 bits per heavy atom. The van der Waals surface area contributed by atoms with Gasteiger partial charge in [0.1, 0.15) is 5.60 Å². The molecule has 0 aliphatic carbocycles. The first kappa shape index (κ1) is 17.7. The van der Waals surface area contributed by atoms with Gasteiger partial charge in [0.25, 0.3) is 0 Å². The second-order valence-electron chi connectivity index (χ2n) is 6.42. The van der Waals surface area contributed by atoms with E-state index in [1.807, 2.05) is 32.0 Å². The van der Waals surface area contributed by atoms with Crippen molar-refractivity contribution in [3.8, 4) is 0 Å². The molecule has 1 saturated heterocycles. The Balaban J connectivity index is 2.06. The maximum atomic E-state index is 10.5. The number of rotatable bonds is 7. The van der Waals surface area contributed by atoms with Gasteiger partial charge in [-0.15, -0.1) is 0 Å². The predicted octanol–water partition coefficient (Wildman–Crippen LogP) is 4.26. The minimum absolute atomic E-state index is 0.214. The summed E-state index contributed by atoms with van der Waals surface area (Å²) in [6.07, 6.45) is 7.38. The molecule has 4 heteroatoms. The quantitative estimate of drug-likeness (QED) is 0.603. The Kier molecular flexibility index (Phi) is 5.97. The van der Waals surface area contributed by atoms with Crippen LogP contribution < -0.4 is 0 Å². The van der Waals surface area contributed by atoms with Crippen LogP contribution in [0.2, 0.25) is 0 Å². The second-order valence-corrected chi connectivity index (χ2v) is 6.42. The summed E-state index contributed by atoms with van der Waals surface area (Å²) in [5.74, 6) is -1.35. The molecule has 1 heterocycles. The Morgan fingerprint density at radius 2 is 2.00 bits per heavy atom. The highest BCUT2D eigenvalue weighted by Crippen LogP contribution is 2.41. The first-order chi connectivity index (χ1) is 10.9. The van der Waals surface area contributed by atoms with Crippen LogP contribution in [0.1, 0.15) is 51.5 Å². The van der Waals surface area contributed by atoms with E-state index in [4.69, 9.17) is 14.6 Å². The molecule has 1 aromatic rings. The zero-order valence-electron chi connectivity index (χ0n) is 14.0. The first-order valence-corrected chi connectivity index (χ1v) is 8.20. The molecule has 0 bridgehead atoms. The lowest BCUT2D eigenvalue weighted by Crippen LogP contribution is -2.46. The van der Waals surface area contributed by atoms with Gasteiger partial charge in [0, 0.05) is 12.8 Å². The lowest BCUT2D eigenvalue weighted by Gasteiger charge is -2.45. The van der Waals surface area contributed by atoms with E-state index in [0.717, 1.165) is 24.8 Å². The van der Waals surface area contributed by atoms with Crippen molar-refractivity contribution in [3.05, 3.63) is 48.0 Å². The van der Waals surface area contributed by atoms with Crippen LogP contribution in [-0.4, -0.2) is 23.5 Å². The number of hydrogen-bond donors (Lipinski definition) is 1. The molecule has 4 nitrogen and oxygen atoms in total. The fraction of sp³-hybridized carbons (Fsp3) is 0.526. The molecule has 0 amide bonds. The van der Waals surface area contributed by atoms with Crippen molar-refractivity contribution < 1.29 is 19.4 Å². The summed E-state index contributed by atoms with van der Waals surface area (Å²) in [5.41, 5.74) is 0.776. The normalized spacial score (nSPS) is 23.9. The van der Waals surface area contributed by atoms with Gasteiger partial charge in [0.05, 0.1) is 6.61 Å². The van der Waals surface area contributed by atoms with Crippen LogP contribution in [0.5, 0.6) is 0 Å². The summed E-state index contributed by atoms with van der Waals surface area (Å²) in [6.45, 7) is 4.55. The molecule has 1 fully saturated rings. The third-order valence-corrected chi connectivity index (χ3v) is 4.07. The van der Waals surface area contributed by atoms with Crippen molar-refractivity contribution in [2.75, 3.05) is 6.61 Å². The third-order valence-electron chi connectivity index (χ3n) is 4.07. The van der Waals surface area contributed by atoms with Crippen molar-refractivity contribution in [2.45, 2.75) is 57.3 Å². The number of carboxylic acids is 1. The maximum absolute atomic E-state index is 10.5. The average Bonchev–Trinajstić information content (AvgIpc) is 2.50. The molecule has 2 rings (SSSR count).